The number of imide groups is 1. The van der Waals surface area contributed by atoms with Gasteiger partial charge in [0.1, 0.15) is 0 Å². The first kappa shape index (κ1) is 20.4. The second-order valence-electron chi connectivity index (χ2n) is 8.03. The Hall–Kier alpha value is -2.90. The molecule has 2 aliphatic carbocycles. The lowest BCUT2D eigenvalue weighted by Crippen LogP contribution is -2.43. The van der Waals surface area contributed by atoms with E-state index in [4.69, 9.17) is 4.74 Å². The molecule has 0 spiro atoms. The van der Waals surface area contributed by atoms with Crippen molar-refractivity contribution in [1.29, 1.82) is 0 Å². The molecule has 4 rings (SSSR count). The maximum absolute atomic E-state index is 12.7. The number of ether oxygens (including phenoxy) is 1. The van der Waals surface area contributed by atoms with E-state index in [-0.39, 0.29) is 35.5 Å². The van der Waals surface area contributed by atoms with Gasteiger partial charge < -0.3 is 15.4 Å². The Balaban J connectivity index is 1.23. The molecule has 8 nitrogen and oxygen atoms in total. The average Bonchev–Trinajstić information content (AvgIpc) is 3.45. The molecule has 2 heterocycles. The van der Waals surface area contributed by atoms with Crippen molar-refractivity contribution in [3.8, 4) is 5.88 Å². The van der Waals surface area contributed by atoms with Gasteiger partial charge in [0, 0.05) is 38.9 Å². The van der Waals surface area contributed by atoms with Gasteiger partial charge in [0.05, 0.1) is 18.4 Å². The zero-order valence-corrected chi connectivity index (χ0v) is 17.5. The number of likely N-dealkylation sites (tertiary alicyclic amines) is 1. The highest BCUT2D eigenvalue weighted by Gasteiger charge is 2.58. The maximum atomic E-state index is 12.7. The highest BCUT2D eigenvalue weighted by molar-refractivity contribution is 6.06. The number of rotatable bonds is 8. The van der Waals surface area contributed by atoms with E-state index in [1.807, 2.05) is 12.1 Å². The van der Waals surface area contributed by atoms with Crippen molar-refractivity contribution in [3.63, 3.8) is 0 Å². The number of guanidine groups is 1. The lowest BCUT2D eigenvalue weighted by Gasteiger charge is -2.18. The predicted octanol–water partition coefficient (Wildman–Crippen LogP) is 1.34. The van der Waals surface area contributed by atoms with Crippen LogP contribution in [0.15, 0.2) is 35.5 Å². The normalized spacial score (nSPS) is 27.0. The predicted molar refractivity (Wildman–Crippen MR) is 113 cm³/mol. The lowest BCUT2D eigenvalue weighted by molar-refractivity contribution is -0.140. The van der Waals surface area contributed by atoms with E-state index < -0.39 is 0 Å². The third-order valence-corrected chi connectivity index (χ3v) is 6.12. The van der Waals surface area contributed by atoms with E-state index in [0.717, 1.165) is 18.4 Å². The van der Waals surface area contributed by atoms with Gasteiger partial charge >= 0.3 is 0 Å². The number of hydrogen-bond acceptors (Lipinski definition) is 5. The summed E-state index contributed by atoms with van der Waals surface area (Å²) in [7, 11) is 1.69. The lowest BCUT2D eigenvalue weighted by atomic mass is 9.85. The van der Waals surface area contributed by atoms with Gasteiger partial charge in [0.25, 0.3) is 0 Å². The standard InChI is InChI=1S/C22H29N5O3/c1-3-10-30-17-7-4-14(12-25-17)13-26-22(23-2)24-8-9-27-20(28)18-15-5-6-16(11-15)19(18)21(27)29/h4-7,12,15-16,18-19H,3,8-11,13H2,1-2H3,(H2,23,24,26). The summed E-state index contributed by atoms with van der Waals surface area (Å²) in [4.78, 5) is 35.4. The fourth-order valence-electron chi connectivity index (χ4n) is 4.68. The SMILES string of the molecule is CCCOc1ccc(CNC(=NC)NCCN2C(=O)C3C4C=CC(C4)C3C2=O)cn1. The van der Waals surface area contributed by atoms with Crippen molar-refractivity contribution in [2.24, 2.45) is 28.7 Å². The molecule has 4 unspecified atom stereocenters. The molecule has 1 aliphatic heterocycles. The van der Waals surface area contributed by atoms with E-state index in [0.29, 0.717) is 38.1 Å². The molecule has 2 N–H and O–H groups in total. The highest BCUT2D eigenvalue weighted by Crippen LogP contribution is 2.52. The fourth-order valence-corrected chi connectivity index (χ4v) is 4.68. The van der Waals surface area contributed by atoms with Crippen LogP contribution in [0.5, 0.6) is 5.88 Å². The number of amides is 2. The Morgan fingerprint density at radius 2 is 1.93 bits per heavy atom. The summed E-state index contributed by atoms with van der Waals surface area (Å²) in [5, 5.41) is 6.40. The van der Waals surface area contributed by atoms with Crippen LogP contribution >= 0.6 is 0 Å². The molecule has 30 heavy (non-hydrogen) atoms. The number of nitrogens with one attached hydrogen (secondary N) is 2. The van der Waals surface area contributed by atoms with Crippen molar-refractivity contribution >= 4 is 17.8 Å². The summed E-state index contributed by atoms with van der Waals surface area (Å²) < 4.78 is 5.49. The van der Waals surface area contributed by atoms with Gasteiger partial charge in [0.2, 0.25) is 17.7 Å². The number of carbonyl (C=O) groups excluding carboxylic acids is 2. The van der Waals surface area contributed by atoms with Crippen LogP contribution in [0.25, 0.3) is 0 Å². The Bertz CT molecular complexity index is 821. The molecule has 1 saturated carbocycles. The van der Waals surface area contributed by atoms with Gasteiger partial charge in [0.15, 0.2) is 5.96 Å². The van der Waals surface area contributed by atoms with Crippen molar-refractivity contribution < 1.29 is 14.3 Å². The van der Waals surface area contributed by atoms with Crippen molar-refractivity contribution in [1.82, 2.24) is 20.5 Å². The maximum Gasteiger partial charge on any atom is 0.233 e. The zero-order chi connectivity index (χ0) is 21.1. The molecule has 2 amide bonds. The quantitative estimate of drug-likeness (QED) is 0.290. The van der Waals surface area contributed by atoms with Crippen molar-refractivity contribution in [2.75, 3.05) is 26.7 Å². The number of hydrogen-bond donors (Lipinski definition) is 2. The average molecular weight is 412 g/mol. The number of carbonyl (C=O) groups is 2. The molecule has 0 radical (unpaired) electrons. The molecule has 160 valence electrons. The first-order valence-corrected chi connectivity index (χ1v) is 10.7. The number of aliphatic imine (C=N–C) groups is 1. The van der Waals surface area contributed by atoms with Crippen LogP contribution in [0.2, 0.25) is 0 Å². The summed E-state index contributed by atoms with van der Waals surface area (Å²) >= 11 is 0. The summed E-state index contributed by atoms with van der Waals surface area (Å²) in [6.45, 7) is 4.08. The van der Waals surface area contributed by atoms with Gasteiger partial charge in [-0.2, -0.15) is 0 Å². The third kappa shape index (κ3) is 3.91. The number of pyridine rings is 1. The molecule has 1 aromatic heterocycles. The molecular formula is C22H29N5O3. The minimum atomic E-state index is -0.137. The Morgan fingerprint density at radius 1 is 1.20 bits per heavy atom. The minimum Gasteiger partial charge on any atom is -0.478 e. The largest absolute Gasteiger partial charge is 0.478 e. The third-order valence-electron chi connectivity index (χ3n) is 6.12. The molecule has 3 aliphatic rings. The monoisotopic (exact) mass is 411 g/mol. The van der Waals surface area contributed by atoms with E-state index in [1.165, 1.54) is 4.90 Å². The molecule has 8 heteroatoms. The molecule has 0 aromatic carbocycles. The van der Waals surface area contributed by atoms with Crippen LogP contribution in [-0.2, 0) is 16.1 Å². The van der Waals surface area contributed by atoms with Crippen LogP contribution in [0.3, 0.4) is 0 Å². The second-order valence-corrected chi connectivity index (χ2v) is 8.03. The molecule has 2 fully saturated rings. The van der Waals surface area contributed by atoms with E-state index in [9.17, 15) is 9.59 Å². The van der Waals surface area contributed by atoms with Gasteiger partial charge in [-0.05, 0) is 30.2 Å². The summed E-state index contributed by atoms with van der Waals surface area (Å²) in [5.74, 6) is 1.43. The number of allylic oxidation sites excluding steroid dienone is 2. The first-order chi connectivity index (χ1) is 14.6. The topological polar surface area (TPSA) is 95.9 Å². The summed E-state index contributed by atoms with van der Waals surface area (Å²) in [5.41, 5.74) is 1.00. The number of aromatic nitrogens is 1. The van der Waals surface area contributed by atoms with Gasteiger partial charge in [-0.1, -0.05) is 25.1 Å². The molecule has 2 bridgehead atoms. The Kier molecular flexibility index (Phi) is 6.01. The molecular weight excluding hydrogens is 382 g/mol. The van der Waals surface area contributed by atoms with E-state index in [1.54, 1.807) is 13.2 Å². The van der Waals surface area contributed by atoms with Crippen LogP contribution in [0, 0.1) is 23.7 Å². The summed E-state index contributed by atoms with van der Waals surface area (Å²) in [6.07, 6.45) is 7.90. The highest BCUT2D eigenvalue weighted by atomic mass is 16.5. The fraction of sp³-hybridized carbons (Fsp3) is 0.545. The zero-order valence-electron chi connectivity index (χ0n) is 17.5. The molecule has 4 atom stereocenters. The smallest absolute Gasteiger partial charge is 0.233 e. The van der Waals surface area contributed by atoms with Gasteiger partial charge in [-0.15, -0.1) is 0 Å². The molecule has 1 saturated heterocycles. The summed E-state index contributed by atoms with van der Waals surface area (Å²) in [6, 6.07) is 3.81. The Morgan fingerprint density at radius 3 is 2.53 bits per heavy atom. The minimum absolute atomic E-state index is 0.0111. The molecule has 1 aromatic rings. The van der Waals surface area contributed by atoms with Crippen molar-refractivity contribution in [3.05, 3.63) is 36.0 Å². The van der Waals surface area contributed by atoms with Crippen LogP contribution in [0.4, 0.5) is 0 Å². The Labute approximate surface area is 176 Å². The van der Waals surface area contributed by atoms with Gasteiger partial charge in [-0.25, -0.2) is 4.98 Å². The number of nitrogens with zero attached hydrogens (tertiary/aromatic N) is 3. The second kappa shape index (κ2) is 8.85. The van der Waals surface area contributed by atoms with Crippen LogP contribution < -0.4 is 15.4 Å². The van der Waals surface area contributed by atoms with Crippen LogP contribution in [-0.4, -0.2) is 54.4 Å². The van der Waals surface area contributed by atoms with Crippen molar-refractivity contribution in [2.45, 2.75) is 26.3 Å². The first-order valence-electron chi connectivity index (χ1n) is 10.7. The van der Waals surface area contributed by atoms with Gasteiger partial charge in [-0.3, -0.25) is 19.5 Å². The number of fused-ring (bicyclic) bond motifs is 5. The van der Waals surface area contributed by atoms with Crippen LogP contribution in [0.1, 0.15) is 25.3 Å². The van der Waals surface area contributed by atoms with E-state index >= 15 is 0 Å². The van der Waals surface area contributed by atoms with E-state index in [2.05, 4.69) is 39.7 Å².